The first-order chi connectivity index (χ1) is 12.2. The number of hydrogen-bond donors (Lipinski definition) is 2. The summed E-state index contributed by atoms with van der Waals surface area (Å²) in [5.74, 6) is 0.890. The molecule has 2 rings (SSSR count). The maximum absolute atomic E-state index is 5.38. The summed E-state index contributed by atoms with van der Waals surface area (Å²) in [5, 5.41) is 6.75. The van der Waals surface area contributed by atoms with Crippen molar-refractivity contribution in [3.05, 3.63) is 29.8 Å². The third-order valence-electron chi connectivity index (χ3n) is 4.26. The number of morpholine rings is 1. The molecule has 0 aromatic heterocycles. The first-order valence-electron chi connectivity index (χ1n) is 9.27. The average Bonchev–Trinajstić information content (AvgIpc) is 2.64. The molecule has 1 aromatic carbocycles. The number of hydrogen-bond acceptors (Lipinski definition) is 4. The minimum Gasteiger partial charge on any atom is -0.379 e. The molecule has 0 atom stereocenters. The number of ether oxygens (including phenoxy) is 1. The number of nitrogens with one attached hydrogen (secondary N) is 2. The van der Waals surface area contributed by atoms with E-state index in [1.54, 1.807) is 0 Å². The van der Waals surface area contributed by atoms with Gasteiger partial charge < -0.3 is 20.3 Å². The predicted octanol–water partition coefficient (Wildman–Crippen LogP) is 1.53. The molecule has 0 saturated carbocycles. The Morgan fingerprint density at radius 1 is 1.16 bits per heavy atom. The minimum absolute atomic E-state index is 0.687. The van der Waals surface area contributed by atoms with Crippen LogP contribution >= 0.6 is 0 Å². The largest absolute Gasteiger partial charge is 0.379 e. The highest BCUT2D eigenvalue weighted by molar-refractivity contribution is 5.79. The Kier molecular flexibility index (Phi) is 8.55. The predicted molar refractivity (Wildman–Crippen MR) is 105 cm³/mol. The second kappa shape index (κ2) is 10.9. The summed E-state index contributed by atoms with van der Waals surface area (Å²) in [6, 6.07) is 8.54. The Hall–Kier alpha value is -1.79. The highest BCUT2D eigenvalue weighted by Gasteiger charge is 2.09. The van der Waals surface area contributed by atoms with E-state index in [4.69, 9.17) is 4.74 Å². The number of benzene rings is 1. The number of aliphatic imine (C=N–C) groups is 1. The number of guanidine groups is 1. The van der Waals surface area contributed by atoms with E-state index in [-0.39, 0.29) is 0 Å². The van der Waals surface area contributed by atoms with Gasteiger partial charge in [-0.1, -0.05) is 12.1 Å². The lowest BCUT2D eigenvalue weighted by Gasteiger charge is -2.26. The van der Waals surface area contributed by atoms with Crippen LogP contribution in [-0.2, 0) is 11.3 Å². The molecule has 6 nitrogen and oxygen atoms in total. The van der Waals surface area contributed by atoms with Gasteiger partial charge in [-0.05, 0) is 37.6 Å². The van der Waals surface area contributed by atoms with Crippen LogP contribution in [0.25, 0.3) is 0 Å². The lowest BCUT2D eigenvalue weighted by atomic mass is 10.2. The summed E-state index contributed by atoms with van der Waals surface area (Å²) in [4.78, 5) is 9.25. The molecule has 0 unspecified atom stereocenters. The van der Waals surface area contributed by atoms with E-state index < -0.39 is 0 Å². The molecule has 1 heterocycles. The number of rotatable bonds is 8. The highest BCUT2D eigenvalue weighted by Crippen LogP contribution is 2.12. The van der Waals surface area contributed by atoms with Crippen LogP contribution < -0.4 is 15.5 Å². The van der Waals surface area contributed by atoms with Crippen molar-refractivity contribution in [3.63, 3.8) is 0 Å². The molecular weight excluding hydrogens is 314 g/mol. The summed E-state index contributed by atoms with van der Waals surface area (Å²) in [5.41, 5.74) is 2.43. The van der Waals surface area contributed by atoms with Crippen molar-refractivity contribution in [2.24, 2.45) is 4.99 Å². The summed E-state index contributed by atoms with van der Waals surface area (Å²) in [7, 11) is 4.11. The van der Waals surface area contributed by atoms with Crippen molar-refractivity contribution in [1.29, 1.82) is 0 Å². The van der Waals surface area contributed by atoms with Gasteiger partial charge in [0.1, 0.15) is 0 Å². The summed E-state index contributed by atoms with van der Waals surface area (Å²) in [6.07, 6.45) is 1.11. The second-order valence-electron chi connectivity index (χ2n) is 6.49. The molecule has 1 aliphatic rings. The van der Waals surface area contributed by atoms with Gasteiger partial charge in [0, 0.05) is 46.0 Å². The first kappa shape index (κ1) is 19.5. The van der Waals surface area contributed by atoms with Crippen LogP contribution in [0.2, 0.25) is 0 Å². The van der Waals surface area contributed by atoms with Crippen molar-refractivity contribution < 1.29 is 4.74 Å². The van der Waals surface area contributed by atoms with Crippen molar-refractivity contribution in [1.82, 2.24) is 15.5 Å². The molecule has 0 amide bonds. The van der Waals surface area contributed by atoms with Crippen LogP contribution in [-0.4, -0.2) is 70.9 Å². The zero-order valence-corrected chi connectivity index (χ0v) is 15.9. The summed E-state index contributed by atoms with van der Waals surface area (Å²) in [6.45, 7) is 9.53. The SMILES string of the molecule is CCNC(=NCc1ccc(N(C)C)cc1)NCCCN1CCOCC1. The molecule has 1 saturated heterocycles. The van der Waals surface area contributed by atoms with E-state index in [0.29, 0.717) is 6.54 Å². The molecule has 2 N–H and O–H groups in total. The van der Waals surface area contributed by atoms with Crippen molar-refractivity contribution in [2.45, 2.75) is 19.9 Å². The van der Waals surface area contributed by atoms with Crippen LogP contribution in [0.15, 0.2) is 29.3 Å². The van der Waals surface area contributed by atoms with Crippen LogP contribution in [0.1, 0.15) is 18.9 Å². The molecule has 140 valence electrons. The average molecular weight is 348 g/mol. The fourth-order valence-corrected chi connectivity index (χ4v) is 2.75. The van der Waals surface area contributed by atoms with Crippen molar-refractivity contribution >= 4 is 11.6 Å². The molecule has 0 radical (unpaired) electrons. The molecule has 6 heteroatoms. The van der Waals surface area contributed by atoms with Gasteiger partial charge in [-0.15, -0.1) is 0 Å². The fraction of sp³-hybridized carbons (Fsp3) is 0.632. The van der Waals surface area contributed by atoms with Gasteiger partial charge in [0.15, 0.2) is 5.96 Å². The molecule has 0 bridgehead atoms. The van der Waals surface area contributed by atoms with Crippen LogP contribution in [0.3, 0.4) is 0 Å². The topological polar surface area (TPSA) is 52.1 Å². The first-order valence-corrected chi connectivity index (χ1v) is 9.27. The Bertz CT molecular complexity index is 509. The van der Waals surface area contributed by atoms with Crippen LogP contribution in [0.4, 0.5) is 5.69 Å². The maximum atomic E-state index is 5.38. The molecule has 1 aromatic rings. The van der Waals surface area contributed by atoms with Crippen LogP contribution in [0, 0.1) is 0 Å². The van der Waals surface area contributed by atoms with E-state index in [2.05, 4.69) is 70.7 Å². The zero-order valence-electron chi connectivity index (χ0n) is 15.9. The van der Waals surface area contributed by atoms with E-state index >= 15 is 0 Å². The van der Waals surface area contributed by atoms with E-state index in [0.717, 1.165) is 58.3 Å². The smallest absolute Gasteiger partial charge is 0.191 e. The second-order valence-corrected chi connectivity index (χ2v) is 6.49. The summed E-state index contributed by atoms with van der Waals surface area (Å²) >= 11 is 0. The van der Waals surface area contributed by atoms with Crippen molar-refractivity contribution in [2.75, 3.05) is 64.9 Å². The third kappa shape index (κ3) is 7.32. The highest BCUT2D eigenvalue weighted by atomic mass is 16.5. The monoisotopic (exact) mass is 347 g/mol. The number of anilines is 1. The molecular formula is C19H33N5O. The maximum Gasteiger partial charge on any atom is 0.191 e. The van der Waals surface area contributed by atoms with Crippen LogP contribution in [0.5, 0.6) is 0 Å². The Morgan fingerprint density at radius 2 is 1.88 bits per heavy atom. The van der Waals surface area contributed by atoms with Crippen molar-refractivity contribution in [3.8, 4) is 0 Å². The summed E-state index contributed by atoms with van der Waals surface area (Å²) < 4.78 is 5.38. The van der Waals surface area contributed by atoms with E-state index in [1.807, 2.05) is 0 Å². The van der Waals surface area contributed by atoms with Gasteiger partial charge in [0.05, 0.1) is 19.8 Å². The third-order valence-corrected chi connectivity index (χ3v) is 4.26. The zero-order chi connectivity index (χ0) is 17.9. The van der Waals surface area contributed by atoms with Gasteiger partial charge >= 0.3 is 0 Å². The fourth-order valence-electron chi connectivity index (χ4n) is 2.75. The number of nitrogens with zero attached hydrogens (tertiary/aromatic N) is 3. The lowest BCUT2D eigenvalue weighted by molar-refractivity contribution is 0.0376. The van der Waals surface area contributed by atoms with E-state index in [9.17, 15) is 0 Å². The quantitative estimate of drug-likeness (QED) is 0.424. The Morgan fingerprint density at radius 3 is 2.52 bits per heavy atom. The normalized spacial score (nSPS) is 15.9. The minimum atomic E-state index is 0.687. The van der Waals surface area contributed by atoms with Gasteiger partial charge in [0.2, 0.25) is 0 Å². The Labute approximate surface area is 152 Å². The van der Waals surface area contributed by atoms with E-state index in [1.165, 1.54) is 11.3 Å². The van der Waals surface area contributed by atoms with Gasteiger partial charge in [-0.3, -0.25) is 4.90 Å². The Balaban J connectivity index is 1.75. The standard InChI is InChI=1S/C19H33N5O/c1-4-20-19(21-10-5-11-24-12-14-25-15-13-24)22-16-17-6-8-18(9-7-17)23(2)3/h6-9H,4-5,10-16H2,1-3H3,(H2,20,21,22). The molecule has 1 aliphatic heterocycles. The molecule has 0 aliphatic carbocycles. The van der Waals surface area contributed by atoms with Gasteiger partial charge in [0.25, 0.3) is 0 Å². The molecule has 25 heavy (non-hydrogen) atoms. The molecule has 0 spiro atoms. The van der Waals surface area contributed by atoms with Gasteiger partial charge in [-0.25, -0.2) is 4.99 Å². The molecule has 1 fully saturated rings. The lowest BCUT2D eigenvalue weighted by Crippen LogP contribution is -2.40. The van der Waals surface area contributed by atoms with Gasteiger partial charge in [-0.2, -0.15) is 0 Å².